The molecule has 0 saturated heterocycles. The zero-order valence-electron chi connectivity index (χ0n) is 8.03. The Labute approximate surface area is 89.2 Å². The molecule has 1 aromatic rings. The lowest BCUT2D eigenvalue weighted by molar-refractivity contribution is -0.143. The van der Waals surface area contributed by atoms with Gasteiger partial charge in [-0.3, -0.25) is 4.79 Å². The summed E-state index contributed by atoms with van der Waals surface area (Å²) in [5.41, 5.74) is 6.59. The van der Waals surface area contributed by atoms with Crippen molar-refractivity contribution in [2.24, 2.45) is 5.73 Å². The fraction of sp³-hybridized carbons (Fsp3) is 0.444. The molecule has 0 fully saturated rings. The highest BCUT2D eigenvalue weighted by Crippen LogP contribution is 2.11. The maximum absolute atomic E-state index is 11.0. The topological polar surface area (TPSA) is 68.1 Å². The van der Waals surface area contributed by atoms with Crippen molar-refractivity contribution in [2.45, 2.75) is 19.4 Å². The van der Waals surface area contributed by atoms with E-state index in [1.54, 1.807) is 13.1 Å². The van der Waals surface area contributed by atoms with E-state index in [0.29, 0.717) is 6.61 Å². The van der Waals surface area contributed by atoms with Gasteiger partial charge in [0.25, 0.3) is 0 Å². The van der Waals surface area contributed by atoms with E-state index in [4.69, 9.17) is 10.5 Å². The maximum atomic E-state index is 11.0. The van der Waals surface area contributed by atoms with Crippen molar-refractivity contribution < 1.29 is 9.53 Å². The van der Waals surface area contributed by atoms with Crippen LogP contribution in [0.3, 0.4) is 0 Å². The molecule has 0 saturated carbocycles. The van der Waals surface area contributed by atoms with Gasteiger partial charge < -0.3 is 15.5 Å². The predicted molar refractivity (Wildman–Crippen MR) is 56.2 cm³/mol. The summed E-state index contributed by atoms with van der Waals surface area (Å²) in [6.07, 6.45) is 1.99. The van der Waals surface area contributed by atoms with Gasteiger partial charge in [0, 0.05) is 11.9 Å². The minimum atomic E-state index is -0.297. The van der Waals surface area contributed by atoms with Gasteiger partial charge in [-0.1, -0.05) is 0 Å². The van der Waals surface area contributed by atoms with Crippen LogP contribution in [-0.2, 0) is 9.53 Å². The quantitative estimate of drug-likeness (QED) is 0.751. The lowest BCUT2D eigenvalue weighted by atomic mass is 10.1. The number of aromatic nitrogens is 1. The number of aromatic amines is 1. The molecule has 0 aliphatic carbocycles. The van der Waals surface area contributed by atoms with Crippen molar-refractivity contribution in [1.29, 1.82) is 0 Å². The third kappa shape index (κ3) is 3.81. The Bertz CT molecular complexity index is 262. The summed E-state index contributed by atoms with van der Waals surface area (Å²) in [5, 5.41) is 0. The molecule has 0 aromatic carbocycles. The van der Waals surface area contributed by atoms with E-state index in [0.717, 1.165) is 5.69 Å². The summed E-state index contributed by atoms with van der Waals surface area (Å²) >= 11 is 0. The number of hydrogen-bond acceptors (Lipinski definition) is 3. The van der Waals surface area contributed by atoms with Crippen LogP contribution in [0.4, 0.5) is 0 Å². The Hall–Kier alpha value is -1.00. The number of ether oxygens (including phenoxy) is 1. The fourth-order valence-electron chi connectivity index (χ4n) is 1.08. The number of nitrogens with two attached hydrogens (primary N) is 1. The lowest BCUT2D eigenvalue weighted by Gasteiger charge is -2.08. The van der Waals surface area contributed by atoms with Crippen LogP contribution >= 0.6 is 12.4 Å². The van der Waals surface area contributed by atoms with Gasteiger partial charge >= 0.3 is 5.97 Å². The van der Waals surface area contributed by atoms with Gasteiger partial charge in [0.05, 0.1) is 19.1 Å². The van der Waals surface area contributed by atoms with Crippen LogP contribution in [0.5, 0.6) is 0 Å². The molecule has 14 heavy (non-hydrogen) atoms. The van der Waals surface area contributed by atoms with E-state index in [2.05, 4.69) is 4.98 Å². The minimum absolute atomic E-state index is 0. The van der Waals surface area contributed by atoms with Crippen LogP contribution in [0.15, 0.2) is 18.3 Å². The predicted octanol–water partition coefficient (Wildman–Crippen LogP) is 1.39. The number of rotatable bonds is 4. The molecule has 0 unspecified atom stereocenters. The van der Waals surface area contributed by atoms with Gasteiger partial charge in [0.1, 0.15) is 0 Å². The van der Waals surface area contributed by atoms with Crippen molar-refractivity contribution in [1.82, 2.24) is 4.98 Å². The van der Waals surface area contributed by atoms with E-state index in [9.17, 15) is 4.79 Å². The number of H-pyrrole nitrogens is 1. The summed E-state index contributed by atoms with van der Waals surface area (Å²) < 4.78 is 4.78. The molecular formula is C9H15ClN2O2. The van der Waals surface area contributed by atoms with Gasteiger partial charge in [-0.05, 0) is 19.1 Å². The van der Waals surface area contributed by atoms with E-state index >= 15 is 0 Å². The zero-order valence-corrected chi connectivity index (χ0v) is 8.84. The van der Waals surface area contributed by atoms with Crippen molar-refractivity contribution >= 4 is 18.4 Å². The van der Waals surface area contributed by atoms with Gasteiger partial charge in [-0.25, -0.2) is 0 Å². The highest BCUT2D eigenvalue weighted by molar-refractivity contribution is 5.85. The normalized spacial score (nSPS) is 11.6. The first kappa shape index (κ1) is 13.0. The van der Waals surface area contributed by atoms with Crippen LogP contribution in [0.25, 0.3) is 0 Å². The largest absolute Gasteiger partial charge is 0.466 e. The first-order valence-electron chi connectivity index (χ1n) is 4.28. The van der Waals surface area contributed by atoms with Crippen molar-refractivity contribution in [3.63, 3.8) is 0 Å². The van der Waals surface area contributed by atoms with Gasteiger partial charge in [-0.2, -0.15) is 0 Å². The molecule has 0 aliphatic rings. The van der Waals surface area contributed by atoms with Gasteiger partial charge in [0.15, 0.2) is 0 Å². The Balaban J connectivity index is 0.00000169. The Kier molecular flexibility index (Phi) is 5.99. The van der Waals surface area contributed by atoms with Crippen LogP contribution in [0.2, 0.25) is 0 Å². The molecule has 1 rings (SSSR count). The van der Waals surface area contributed by atoms with Crippen molar-refractivity contribution in [3.8, 4) is 0 Å². The van der Waals surface area contributed by atoms with Crippen molar-refractivity contribution in [2.75, 3.05) is 6.61 Å². The average Bonchev–Trinajstić information content (AvgIpc) is 2.55. The molecular weight excluding hydrogens is 204 g/mol. The van der Waals surface area contributed by atoms with Crippen molar-refractivity contribution in [3.05, 3.63) is 24.0 Å². The van der Waals surface area contributed by atoms with E-state index in [1.165, 1.54) is 0 Å². The summed E-state index contributed by atoms with van der Waals surface area (Å²) in [6.45, 7) is 2.17. The molecule has 0 amide bonds. The van der Waals surface area contributed by atoms with Gasteiger partial charge in [0.2, 0.25) is 0 Å². The van der Waals surface area contributed by atoms with E-state index in [-0.39, 0.29) is 30.8 Å². The number of esters is 1. The van der Waals surface area contributed by atoms with Crippen LogP contribution in [0.1, 0.15) is 25.1 Å². The first-order chi connectivity index (χ1) is 6.24. The first-order valence-corrected chi connectivity index (χ1v) is 4.28. The molecule has 0 bridgehead atoms. The maximum Gasteiger partial charge on any atom is 0.307 e. The molecule has 0 spiro atoms. The molecule has 5 heteroatoms. The summed E-state index contributed by atoms with van der Waals surface area (Å²) in [5.74, 6) is -0.260. The second-order valence-electron chi connectivity index (χ2n) is 2.74. The zero-order chi connectivity index (χ0) is 9.68. The second kappa shape index (κ2) is 6.45. The highest BCUT2D eigenvalue weighted by atomic mass is 35.5. The molecule has 1 aromatic heterocycles. The smallest absolute Gasteiger partial charge is 0.307 e. The molecule has 0 radical (unpaired) electrons. The van der Waals surface area contributed by atoms with Gasteiger partial charge in [-0.15, -0.1) is 12.4 Å². The number of carbonyl (C=O) groups is 1. The number of carbonyl (C=O) groups excluding carboxylic acids is 1. The van der Waals surface area contributed by atoms with E-state index < -0.39 is 0 Å². The Morgan fingerprint density at radius 2 is 2.43 bits per heavy atom. The SMILES string of the molecule is CCOC(=O)C[C@H](N)c1ccc[nH]1.Cl. The lowest BCUT2D eigenvalue weighted by Crippen LogP contribution is -2.17. The standard InChI is InChI=1S/C9H14N2O2.ClH/c1-2-13-9(12)6-7(10)8-4-3-5-11-8;/h3-5,7,11H,2,6,10H2,1H3;1H/t7-;/m0./s1. The second-order valence-corrected chi connectivity index (χ2v) is 2.74. The molecule has 1 atom stereocenters. The third-order valence-corrected chi connectivity index (χ3v) is 1.71. The van der Waals surface area contributed by atoms with Crippen LogP contribution in [-0.4, -0.2) is 17.6 Å². The minimum Gasteiger partial charge on any atom is -0.466 e. The monoisotopic (exact) mass is 218 g/mol. The molecule has 80 valence electrons. The van der Waals surface area contributed by atoms with Crippen LogP contribution < -0.4 is 5.73 Å². The summed E-state index contributed by atoms with van der Waals surface area (Å²) in [6, 6.07) is 3.40. The molecule has 4 nitrogen and oxygen atoms in total. The molecule has 0 aliphatic heterocycles. The van der Waals surface area contributed by atoms with Crippen LogP contribution in [0, 0.1) is 0 Å². The number of halogens is 1. The average molecular weight is 219 g/mol. The summed E-state index contributed by atoms with van der Waals surface area (Å²) in [7, 11) is 0. The summed E-state index contributed by atoms with van der Waals surface area (Å²) in [4.78, 5) is 14.0. The Morgan fingerprint density at radius 3 is 2.93 bits per heavy atom. The fourth-order valence-corrected chi connectivity index (χ4v) is 1.08. The Morgan fingerprint density at radius 1 is 1.71 bits per heavy atom. The van der Waals surface area contributed by atoms with E-state index in [1.807, 2.05) is 12.1 Å². The number of nitrogens with one attached hydrogen (secondary N) is 1. The highest BCUT2D eigenvalue weighted by Gasteiger charge is 2.12. The number of hydrogen-bond donors (Lipinski definition) is 2. The third-order valence-electron chi connectivity index (χ3n) is 1.71. The molecule has 3 N–H and O–H groups in total. The molecule has 1 heterocycles.